The Hall–Kier alpha value is -1.64. The summed E-state index contributed by atoms with van der Waals surface area (Å²) in [5.74, 6) is -16.3. The number of carbonyl (C=O) groups is 1. The zero-order valence-corrected chi connectivity index (χ0v) is 17.5. The van der Waals surface area contributed by atoms with Crippen molar-refractivity contribution < 1.29 is 74.8 Å². The van der Waals surface area contributed by atoms with E-state index in [1.165, 1.54) is 0 Å². The number of nitrogens with one attached hydrogen (secondary N) is 1. The second-order valence-corrected chi connectivity index (χ2v) is 11.4. The van der Waals surface area contributed by atoms with E-state index in [-0.39, 0.29) is 5.23 Å². The number of amides is 1. The van der Waals surface area contributed by atoms with Crippen molar-refractivity contribution in [1.29, 1.82) is 0 Å². The molecule has 0 aromatic carbocycles. The molecule has 1 aromatic rings. The van der Waals surface area contributed by atoms with Crippen LogP contribution in [0.2, 0.25) is 0 Å². The van der Waals surface area contributed by atoms with Crippen molar-refractivity contribution in [2.24, 2.45) is 0 Å². The summed E-state index contributed by atoms with van der Waals surface area (Å²) in [6.07, 6.45) is 0. The number of fused-ring (bicyclic) bond motifs is 1. The van der Waals surface area contributed by atoms with Crippen molar-refractivity contribution in [2.45, 2.75) is 23.5 Å². The fraction of sp³-hybridized carbons (Fsp3) is 0.444. The lowest BCUT2D eigenvalue weighted by molar-refractivity contribution is -0.487. The van der Waals surface area contributed by atoms with E-state index >= 15 is 0 Å². The van der Waals surface area contributed by atoms with E-state index in [4.69, 9.17) is 32.0 Å². The predicted octanol–water partition coefficient (Wildman–Crippen LogP) is -1.92. The van der Waals surface area contributed by atoms with Crippen LogP contribution in [0, 0.1) is 0 Å². The summed E-state index contributed by atoms with van der Waals surface area (Å²) in [4.78, 5) is 20.5. The highest BCUT2D eigenvalue weighted by Gasteiger charge is 2.89. The standard InChI is InChI=1S/C9H4N5O16P3/c15-4-1-3-11-5-2(10-1)6(16)7(17)8(18,25-32(20,23-6)24-7)26-33(21)29-14(30-33)9(12-4)13(3)28-31(19,22-5)27-9/h16-18H,(H,12,15). The van der Waals surface area contributed by atoms with Crippen LogP contribution in [0.5, 0.6) is 5.88 Å². The average Bonchev–Trinajstić information content (AvgIpc) is 3.11. The molecule has 13 rings (SSSR count). The maximum atomic E-state index is 13.2. The molecule has 176 valence electrons. The van der Waals surface area contributed by atoms with E-state index < -0.39 is 76.0 Å². The summed E-state index contributed by atoms with van der Waals surface area (Å²) >= 11 is 0. The van der Waals surface area contributed by atoms with Crippen LogP contribution in [0.25, 0.3) is 0 Å². The SMILES string of the molecule is O=C1NC23OP4(=O)Oc5nc(c1nc5C1(O)OP5(=O)OC(O)(OP6(=O)ON2O6)C1(O)O5)N3O4. The van der Waals surface area contributed by atoms with Crippen LogP contribution >= 0.6 is 23.5 Å². The summed E-state index contributed by atoms with van der Waals surface area (Å²) < 4.78 is 82.5. The lowest BCUT2D eigenvalue weighted by Gasteiger charge is -2.47. The van der Waals surface area contributed by atoms with Crippen LogP contribution in [-0.4, -0.2) is 54.2 Å². The van der Waals surface area contributed by atoms with Gasteiger partial charge in [-0.2, -0.15) is 19.3 Å². The Morgan fingerprint density at radius 2 is 1.61 bits per heavy atom. The van der Waals surface area contributed by atoms with E-state index in [1.54, 1.807) is 0 Å². The number of hydroxylamine groups is 3. The van der Waals surface area contributed by atoms with Gasteiger partial charge in [0.25, 0.3) is 17.6 Å². The first-order valence-electron chi connectivity index (χ1n) is 8.40. The minimum absolute atomic E-state index is 0.127. The Labute approximate surface area is 177 Å². The highest BCUT2D eigenvalue weighted by molar-refractivity contribution is 7.50. The van der Waals surface area contributed by atoms with E-state index in [2.05, 4.69) is 24.3 Å². The Morgan fingerprint density at radius 3 is 2.33 bits per heavy atom. The highest BCUT2D eigenvalue weighted by atomic mass is 31.2. The molecule has 1 spiro atoms. The van der Waals surface area contributed by atoms with E-state index in [9.17, 15) is 33.8 Å². The monoisotopic (exact) mass is 531 g/mol. The van der Waals surface area contributed by atoms with Gasteiger partial charge in [-0.05, 0) is 0 Å². The number of hydrogen-bond acceptors (Lipinski definition) is 20. The van der Waals surface area contributed by atoms with Crippen LogP contribution in [0.1, 0.15) is 16.2 Å². The molecule has 4 fully saturated rings. The summed E-state index contributed by atoms with van der Waals surface area (Å²) in [6.45, 7) is 0. The maximum absolute atomic E-state index is 13.2. The van der Waals surface area contributed by atoms with Gasteiger partial charge < -0.3 is 19.8 Å². The maximum Gasteiger partial charge on any atom is 0.558 e. The average molecular weight is 531 g/mol. The summed E-state index contributed by atoms with van der Waals surface area (Å²) in [5.41, 5.74) is -1.79. The third-order valence-electron chi connectivity index (χ3n) is 5.19. The smallest absolute Gasteiger partial charge is 0.382 e. The Morgan fingerprint density at radius 1 is 0.879 bits per heavy atom. The van der Waals surface area contributed by atoms with Crippen LogP contribution in [0.4, 0.5) is 5.82 Å². The Balaban J connectivity index is 1.50. The largest absolute Gasteiger partial charge is 0.558 e. The number of carbonyl (C=O) groups excluding carboxylic acids is 1. The topological polar surface area (TPSA) is 256 Å². The van der Waals surface area contributed by atoms with Crippen LogP contribution in [0.3, 0.4) is 0 Å². The number of nitrogens with zero attached hydrogens (tertiary/aromatic N) is 4. The van der Waals surface area contributed by atoms with Gasteiger partial charge in [0, 0.05) is 5.23 Å². The van der Waals surface area contributed by atoms with Crippen LogP contribution in [0.15, 0.2) is 0 Å². The molecule has 1 aromatic heterocycles. The first kappa shape index (κ1) is 19.6. The fourth-order valence-corrected chi connectivity index (χ4v) is 8.05. The van der Waals surface area contributed by atoms with Crippen LogP contribution < -0.4 is 14.9 Å². The molecule has 21 nitrogen and oxygen atoms in total. The van der Waals surface area contributed by atoms with E-state index in [1.807, 2.05) is 0 Å². The highest BCUT2D eigenvalue weighted by Crippen LogP contribution is 2.80. The van der Waals surface area contributed by atoms with Crippen molar-refractivity contribution in [2.75, 3.05) is 5.06 Å². The van der Waals surface area contributed by atoms with E-state index in [0.29, 0.717) is 5.06 Å². The van der Waals surface area contributed by atoms with Crippen molar-refractivity contribution in [3.05, 3.63) is 11.4 Å². The van der Waals surface area contributed by atoms with Crippen LogP contribution in [-0.2, 0) is 56.0 Å². The molecule has 4 saturated heterocycles. The van der Waals surface area contributed by atoms with Gasteiger partial charge in [-0.15, -0.1) is 4.62 Å². The fourth-order valence-electron chi connectivity index (χ4n) is 3.87. The number of anilines is 1. The third kappa shape index (κ3) is 1.90. The third-order valence-corrected chi connectivity index (χ3v) is 9.04. The molecule has 6 atom stereocenters. The van der Waals surface area contributed by atoms with Crippen molar-refractivity contribution in [3.8, 4) is 5.88 Å². The van der Waals surface area contributed by atoms with Gasteiger partial charge in [0.2, 0.25) is 0 Å². The molecule has 0 saturated carbocycles. The second kappa shape index (κ2) is 4.86. The number of aliphatic hydroxyl groups is 3. The van der Waals surface area contributed by atoms with Gasteiger partial charge in [0.15, 0.2) is 17.2 Å². The van der Waals surface area contributed by atoms with Crippen molar-refractivity contribution in [1.82, 2.24) is 20.5 Å². The summed E-state index contributed by atoms with van der Waals surface area (Å²) in [6, 6.07) is 0. The normalized spacial score (nSPS) is 56.2. The number of hydrogen-bond donors (Lipinski definition) is 4. The predicted molar refractivity (Wildman–Crippen MR) is 82.5 cm³/mol. The molecular formula is C9H4N5O16P3. The number of phosphoric acid groups is 3. The Bertz CT molecular complexity index is 1400. The van der Waals surface area contributed by atoms with Gasteiger partial charge in [0.05, 0.1) is 0 Å². The number of rotatable bonds is 0. The molecule has 11 bridgehead atoms. The quantitative estimate of drug-likeness (QED) is 0.266. The van der Waals surface area contributed by atoms with Gasteiger partial charge in [-0.3, -0.25) is 10.1 Å². The molecule has 0 aliphatic carbocycles. The molecule has 12 aliphatic heterocycles. The number of aromatic nitrogens is 2. The minimum atomic E-state index is -5.10. The molecule has 13 heterocycles. The first-order chi connectivity index (χ1) is 15.3. The summed E-state index contributed by atoms with van der Waals surface area (Å²) in [7, 11) is -15.0. The Kier molecular flexibility index (Phi) is 2.89. The molecule has 0 radical (unpaired) electrons. The summed E-state index contributed by atoms with van der Waals surface area (Å²) in [5, 5.41) is 35.8. The lowest BCUT2D eigenvalue weighted by Crippen LogP contribution is -2.72. The van der Waals surface area contributed by atoms with Gasteiger partial charge >= 0.3 is 41.2 Å². The van der Waals surface area contributed by atoms with Gasteiger partial charge in [-0.1, -0.05) is 0 Å². The second-order valence-electron chi connectivity index (χ2n) is 7.17. The zero-order valence-electron chi connectivity index (χ0n) is 14.8. The van der Waals surface area contributed by atoms with E-state index in [0.717, 1.165) is 0 Å². The molecule has 33 heavy (non-hydrogen) atoms. The molecular weight excluding hydrogens is 527 g/mol. The molecule has 12 aliphatic rings. The molecule has 4 N–H and O–H groups in total. The molecule has 6 unspecified atom stereocenters. The molecule has 24 heteroatoms. The van der Waals surface area contributed by atoms with Gasteiger partial charge in [-0.25, -0.2) is 41.3 Å². The minimum Gasteiger partial charge on any atom is -0.382 e. The van der Waals surface area contributed by atoms with Gasteiger partial charge in [0.1, 0.15) is 0 Å². The number of phosphoric ester groups is 2. The van der Waals surface area contributed by atoms with Crippen molar-refractivity contribution in [3.63, 3.8) is 0 Å². The first-order valence-corrected chi connectivity index (χ1v) is 12.8. The zero-order chi connectivity index (χ0) is 23.0. The lowest BCUT2D eigenvalue weighted by atomic mass is 9.99. The van der Waals surface area contributed by atoms with Crippen molar-refractivity contribution >= 4 is 35.2 Å². The molecule has 1 amide bonds.